The molecule has 3 aliphatic heterocycles. The van der Waals surface area contributed by atoms with E-state index in [9.17, 15) is 9.59 Å². The smallest absolute Gasteiger partial charge is 0.408 e. The van der Waals surface area contributed by atoms with Gasteiger partial charge in [-0.2, -0.15) is 0 Å². The molecular weight excluding hydrogens is 386 g/mol. The van der Waals surface area contributed by atoms with E-state index in [4.69, 9.17) is 18.9 Å². The van der Waals surface area contributed by atoms with Crippen LogP contribution in [0, 0.1) is 5.41 Å². The molecule has 3 heterocycles. The zero-order valence-corrected chi connectivity index (χ0v) is 16.6. The van der Waals surface area contributed by atoms with Crippen molar-refractivity contribution < 1.29 is 28.5 Å². The first-order valence-corrected chi connectivity index (χ1v) is 10.0. The van der Waals surface area contributed by atoms with Gasteiger partial charge in [-0.05, 0) is 22.3 Å². The molecule has 7 heteroatoms. The summed E-state index contributed by atoms with van der Waals surface area (Å²) in [7, 11) is 0. The zero-order valence-electron chi connectivity index (χ0n) is 16.6. The molecule has 1 N–H and O–H groups in total. The largest absolute Gasteiger partial charge is 0.449 e. The molecule has 1 atom stereocenters. The van der Waals surface area contributed by atoms with Gasteiger partial charge in [-0.1, -0.05) is 55.5 Å². The summed E-state index contributed by atoms with van der Waals surface area (Å²) in [5.41, 5.74) is 4.29. The molecule has 0 spiro atoms. The number of benzene rings is 2. The van der Waals surface area contributed by atoms with Crippen LogP contribution >= 0.6 is 0 Å². The molecule has 0 saturated carbocycles. The number of nitrogens with one attached hydrogen (secondary N) is 1. The van der Waals surface area contributed by atoms with E-state index in [0.29, 0.717) is 26.1 Å². The van der Waals surface area contributed by atoms with Gasteiger partial charge in [-0.15, -0.1) is 0 Å². The first kappa shape index (κ1) is 19.2. The number of hydrogen-bond acceptors (Lipinski definition) is 6. The Morgan fingerprint density at radius 3 is 2.13 bits per heavy atom. The van der Waals surface area contributed by atoms with Crippen LogP contribution in [0.25, 0.3) is 11.1 Å². The molecule has 1 unspecified atom stereocenters. The lowest BCUT2D eigenvalue weighted by Gasteiger charge is -2.51. The third-order valence-electron chi connectivity index (χ3n) is 6.00. The Balaban J connectivity index is 1.27. The molecule has 0 radical (unpaired) electrons. The highest BCUT2D eigenvalue weighted by atomic mass is 16.9. The van der Waals surface area contributed by atoms with Gasteiger partial charge >= 0.3 is 12.1 Å². The molecule has 3 fully saturated rings. The molecule has 3 saturated heterocycles. The lowest BCUT2D eigenvalue weighted by Crippen LogP contribution is -2.67. The van der Waals surface area contributed by atoms with Crippen LogP contribution in [0.3, 0.4) is 0 Å². The average Bonchev–Trinajstić information content (AvgIpc) is 3.11. The van der Waals surface area contributed by atoms with E-state index < -0.39 is 18.1 Å². The van der Waals surface area contributed by atoms with Crippen molar-refractivity contribution in [1.29, 1.82) is 0 Å². The maximum absolute atomic E-state index is 12.5. The van der Waals surface area contributed by atoms with Crippen molar-refractivity contribution in [3.05, 3.63) is 59.7 Å². The number of aldehydes is 1. The van der Waals surface area contributed by atoms with Gasteiger partial charge in [0.15, 0.2) is 12.3 Å². The number of hydrogen-bond donors (Lipinski definition) is 1. The molecule has 2 aromatic rings. The predicted molar refractivity (Wildman–Crippen MR) is 107 cm³/mol. The Bertz CT molecular complexity index is 919. The number of carbonyl (C=O) groups is 2. The van der Waals surface area contributed by atoms with E-state index in [1.54, 1.807) is 0 Å². The van der Waals surface area contributed by atoms with Gasteiger partial charge in [0.1, 0.15) is 6.61 Å². The molecule has 4 aliphatic rings. The summed E-state index contributed by atoms with van der Waals surface area (Å²) < 4.78 is 22.4. The molecule has 30 heavy (non-hydrogen) atoms. The molecule has 1 aliphatic carbocycles. The normalized spacial score (nSPS) is 27.8. The summed E-state index contributed by atoms with van der Waals surface area (Å²) >= 11 is 0. The fourth-order valence-corrected chi connectivity index (χ4v) is 4.32. The van der Waals surface area contributed by atoms with Crippen molar-refractivity contribution >= 4 is 12.4 Å². The first-order chi connectivity index (χ1) is 14.5. The van der Waals surface area contributed by atoms with E-state index in [2.05, 4.69) is 17.4 Å². The van der Waals surface area contributed by atoms with E-state index >= 15 is 0 Å². The summed E-state index contributed by atoms with van der Waals surface area (Å²) in [4.78, 5) is 24.2. The summed E-state index contributed by atoms with van der Waals surface area (Å²) in [6.07, 6.45) is -0.173. The Hall–Kier alpha value is -2.74. The molecule has 1 amide bonds. The van der Waals surface area contributed by atoms with Crippen molar-refractivity contribution in [2.45, 2.75) is 24.9 Å². The average molecular weight is 409 g/mol. The number of ether oxygens (including phenoxy) is 4. The fraction of sp³-hybridized carbons (Fsp3) is 0.391. The summed E-state index contributed by atoms with van der Waals surface area (Å²) in [6.45, 7) is 3.31. The second-order valence-corrected chi connectivity index (χ2v) is 8.36. The van der Waals surface area contributed by atoms with E-state index in [0.717, 1.165) is 22.3 Å². The van der Waals surface area contributed by atoms with Crippen molar-refractivity contribution in [2.75, 3.05) is 26.4 Å². The molecule has 156 valence electrons. The molecular formula is C23H23NO6. The molecule has 2 aromatic carbocycles. The lowest BCUT2D eigenvalue weighted by molar-refractivity contribution is -0.468. The zero-order chi connectivity index (χ0) is 20.8. The van der Waals surface area contributed by atoms with Crippen LogP contribution < -0.4 is 5.32 Å². The third-order valence-corrected chi connectivity index (χ3v) is 6.00. The van der Waals surface area contributed by atoms with Gasteiger partial charge in [0, 0.05) is 11.3 Å². The third kappa shape index (κ3) is 3.10. The maximum Gasteiger partial charge on any atom is 0.408 e. The van der Waals surface area contributed by atoms with Crippen LogP contribution in [0.5, 0.6) is 0 Å². The Morgan fingerprint density at radius 1 is 1.07 bits per heavy atom. The van der Waals surface area contributed by atoms with Crippen LogP contribution in [0.1, 0.15) is 24.0 Å². The predicted octanol–water partition coefficient (Wildman–Crippen LogP) is 2.83. The van der Waals surface area contributed by atoms with Gasteiger partial charge in [-0.3, -0.25) is 0 Å². The van der Waals surface area contributed by atoms with Crippen LogP contribution in [0.4, 0.5) is 4.79 Å². The number of rotatable bonds is 5. The van der Waals surface area contributed by atoms with Crippen molar-refractivity contribution in [2.24, 2.45) is 5.41 Å². The fourth-order valence-electron chi connectivity index (χ4n) is 4.32. The van der Waals surface area contributed by atoms with E-state index in [1.807, 2.05) is 43.3 Å². The highest BCUT2D eigenvalue weighted by Crippen LogP contribution is 2.44. The van der Waals surface area contributed by atoms with Crippen LogP contribution in [0.2, 0.25) is 0 Å². The first-order valence-electron chi connectivity index (χ1n) is 10.0. The van der Waals surface area contributed by atoms with Crippen LogP contribution in [-0.4, -0.2) is 50.8 Å². The second kappa shape index (κ2) is 7.19. The Kier molecular flexibility index (Phi) is 4.61. The lowest BCUT2D eigenvalue weighted by atomic mass is 9.91. The van der Waals surface area contributed by atoms with Gasteiger partial charge in [0.2, 0.25) is 0 Å². The summed E-state index contributed by atoms with van der Waals surface area (Å²) in [5.74, 6) is -1.66. The Labute approximate surface area is 174 Å². The van der Waals surface area contributed by atoms with Crippen molar-refractivity contribution in [3.63, 3.8) is 0 Å². The van der Waals surface area contributed by atoms with E-state index in [-0.39, 0.29) is 17.9 Å². The van der Waals surface area contributed by atoms with Gasteiger partial charge < -0.3 is 29.1 Å². The minimum atomic E-state index is -1.59. The minimum absolute atomic E-state index is 0.0650. The van der Waals surface area contributed by atoms with E-state index in [1.165, 1.54) is 0 Å². The van der Waals surface area contributed by atoms with Gasteiger partial charge in [-0.25, -0.2) is 4.79 Å². The number of alkyl carbamates (subject to hydrolysis) is 1. The van der Waals surface area contributed by atoms with Crippen molar-refractivity contribution in [1.82, 2.24) is 5.32 Å². The summed E-state index contributed by atoms with van der Waals surface area (Å²) in [6, 6.07) is 15.1. The van der Waals surface area contributed by atoms with Crippen molar-refractivity contribution in [3.8, 4) is 11.1 Å². The summed E-state index contributed by atoms with van der Waals surface area (Å²) in [5, 5.41) is 2.53. The molecule has 0 aromatic heterocycles. The van der Waals surface area contributed by atoms with Gasteiger partial charge in [0.05, 0.1) is 19.8 Å². The highest BCUT2D eigenvalue weighted by molar-refractivity contribution is 5.79. The highest BCUT2D eigenvalue weighted by Gasteiger charge is 2.55. The van der Waals surface area contributed by atoms with Crippen LogP contribution in [-0.2, 0) is 23.7 Å². The SMILES string of the molecule is CC12COC(C(C=O)NC(=O)OCC3c4ccccc4-c4ccccc43)(OC1)OC2. The number of amides is 1. The quantitative estimate of drug-likeness (QED) is 0.765. The van der Waals surface area contributed by atoms with Gasteiger partial charge in [0.25, 0.3) is 0 Å². The second-order valence-electron chi connectivity index (χ2n) is 8.36. The number of carbonyl (C=O) groups excluding carboxylic acids is 2. The van der Waals surface area contributed by atoms with Crippen LogP contribution in [0.15, 0.2) is 48.5 Å². The Morgan fingerprint density at radius 2 is 1.60 bits per heavy atom. The number of fused-ring (bicyclic) bond motifs is 6. The minimum Gasteiger partial charge on any atom is -0.449 e. The maximum atomic E-state index is 12.5. The molecule has 6 rings (SSSR count). The molecule has 2 bridgehead atoms. The monoisotopic (exact) mass is 409 g/mol. The molecule has 7 nitrogen and oxygen atoms in total. The topological polar surface area (TPSA) is 83.1 Å². The standard InChI is InChI=1S/C23H23NO6/c1-22-12-28-23(29-13-22,30-14-22)20(10-25)24-21(26)27-11-19-17-8-4-2-6-15(17)16-7-3-5-9-18(16)19/h2-10,19-20H,11-14H2,1H3,(H,24,26).